The molecular formula is C24H26N2O5. The number of Topliss-reactive ketones (excluding diaryl/α,β-unsaturated/α-hetero) is 1. The number of ketones is 1. The smallest absolute Gasteiger partial charge is 0.317 e. The number of hydrogen-bond donors (Lipinski definition) is 1. The highest BCUT2D eigenvalue weighted by molar-refractivity contribution is 5.99. The van der Waals surface area contributed by atoms with Gasteiger partial charge in [0.05, 0.1) is 5.41 Å². The van der Waals surface area contributed by atoms with E-state index >= 15 is 0 Å². The lowest BCUT2D eigenvalue weighted by Crippen LogP contribution is -2.49. The molecular weight excluding hydrogens is 396 g/mol. The number of hydrogen-bond acceptors (Lipinski definition) is 5. The number of likely N-dealkylation sites (tertiary alicyclic amines) is 1. The number of rotatable bonds is 6. The number of benzene rings is 2. The van der Waals surface area contributed by atoms with Gasteiger partial charge in [0, 0.05) is 38.2 Å². The molecule has 3 rings (SSSR count). The standard InChI is InChI=1S/C24H26N2O5/c1-17(27)25-21-10-8-19(9-11-21)22(29)16-31-23(30)24(20-6-4-3-5-7-20)12-14-26(15-13-24)18(2)28/h3-11H,12-16H2,1-2H3,(H,25,27). The first-order valence-corrected chi connectivity index (χ1v) is 10.2. The van der Waals surface area contributed by atoms with Gasteiger partial charge < -0.3 is 15.0 Å². The highest BCUT2D eigenvalue weighted by atomic mass is 16.5. The lowest BCUT2D eigenvalue weighted by Gasteiger charge is -2.40. The number of carbonyl (C=O) groups is 4. The van der Waals surface area contributed by atoms with E-state index in [1.165, 1.54) is 13.8 Å². The number of nitrogens with zero attached hydrogens (tertiary/aromatic N) is 1. The second-order valence-electron chi connectivity index (χ2n) is 7.71. The zero-order valence-electron chi connectivity index (χ0n) is 17.7. The van der Waals surface area contributed by atoms with E-state index in [2.05, 4.69) is 5.32 Å². The van der Waals surface area contributed by atoms with Crippen molar-refractivity contribution in [2.75, 3.05) is 25.0 Å². The van der Waals surface area contributed by atoms with E-state index in [1.54, 1.807) is 29.2 Å². The molecule has 1 fully saturated rings. The van der Waals surface area contributed by atoms with Gasteiger partial charge in [0.15, 0.2) is 12.4 Å². The van der Waals surface area contributed by atoms with Crippen LogP contribution in [0.3, 0.4) is 0 Å². The van der Waals surface area contributed by atoms with Gasteiger partial charge in [0.2, 0.25) is 11.8 Å². The van der Waals surface area contributed by atoms with Crippen molar-refractivity contribution < 1.29 is 23.9 Å². The lowest BCUT2D eigenvalue weighted by atomic mass is 9.72. The molecule has 162 valence electrons. The summed E-state index contributed by atoms with van der Waals surface area (Å²) in [4.78, 5) is 50.3. The summed E-state index contributed by atoms with van der Waals surface area (Å²) in [6.45, 7) is 3.46. The molecule has 0 aliphatic carbocycles. The van der Waals surface area contributed by atoms with Crippen molar-refractivity contribution in [1.82, 2.24) is 4.90 Å². The Morgan fingerprint density at radius 3 is 2.10 bits per heavy atom. The summed E-state index contributed by atoms with van der Waals surface area (Å²) in [6.07, 6.45) is 0.879. The van der Waals surface area contributed by atoms with E-state index in [9.17, 15) is 19.2 Å². The van der Waals surface area contributed by atoms with Crippen LogP contribution in [0.5, 0.6) is 0 Å². The molecule has 0 saturated carbocycles. The fourth-order valence-corrected chi connectivity index (χ4v) is 3.87. The molecule has 7 heteroatoms. The van der Waals surface area contributed by atoms with Crippen LogP contribution in [0.2, 0.25) is 0 Å². The van der Waals surface area contributed by atoms with Gasteiger partial charge in [-0.05, 0) is 42.7 Å². The molecule has 0 atom stereocenters. The Labute approximate surface area is 181 Å². The van der Waals surface area contributed by atoms with Gasteiger partial charge in [0.25, 0.3) is 0 Å². The summed E-state index contributed by atoms with van der Waals surface area (Å²) >= 11 is 0. The number of ether oxygens (including phenoxy) is 1. The summed E-state index contributed by atoms with van der Waals surface area (Å²) in [5, 5.41) is 2.64. The van der Waals surface area contributed by atoms with Crippen molar-refractivity contribution in [1.29, 1.82) is 0 Å². The van der Waals surface area contributed by atoms with Crippen molar-refractivity contribution in [3.63, 3.8) is 0 Å². The Balaban J connectivity index is 1.70. The second kappa shape index (κ2) is 9.55. The first-order valence-electron chi connectivity index (χ1n) is 10.2. The molecule has 0 aromatic heterocycles. The summed E-state index contributed by atoms with van der Waals surface area (Å²) < 4.78 is 5.48. The van der Waals surface area contributed by atoms with Crippen LogP contribution in [0.4, 0.5) is 5.69 Å². The quantitative estimate of drug-likeness (QED) is 0.571. The minimum Gasteiger partial charge on any atom is -0.457 e. The van der Waals surface area contributed by atoms with E-state index in [0.717, 1.165) is 5.56 Å². The maximum atomic E-state index is 13.2. The van der Waals surface area contributed by atoms with Gasteiger partial charge in [-0.15, -0.1) is 0 Å². The molecule has 0 spiro atoms. The Morgan fingerprint density at radius 2 is 1.55 bits per heavy atom. The van der Waals surface area contributed by atoms with Crippen molar-refractivity contribution >= 4 is 29.3 Å². The molecule has 1 N–H and O–H groups in total. The van der Waals surface area contributed by atoms with Crippen molar-refractivity contribution in [2.24, 2.45) is 0 Å². The zero-order chi connectivity index (χ0) is 22.4. The first kappa shape index (κ1) is 22.2. The Bertz CT molecular complexity index is 961. The lowest BCUT2D eigenvalue weighted by molar-refractivity contribution is -0.153. The van der Waals surface area contributed by atoms with Crippen LogP contribution in [0.25, 0.3) is 0 Å². The van der Waals surface area contributed by atoms with E-state index < -0.39 is 11.4 Å². The molecule has 0 bridgehead atoms. The number of carbonyl (C=O) groups excluding carboxylic acids is 4. The average molecular weight is 422 g/mol. The summed E-state index contributed by atoms with van der Waals surface area (Å²) in [7, 11) is 0. The Hall–Kier alpha value is -3.48. The van der Waals surface area contributed by atoms with Crippen LogP contribution in [0.15, 0.2) is 54.6 Å². The normalized spacial score (nSPS) is 15.1. The highest BCUT2D eigenvalue weighted by Gasteiger charge is 2.44. The van der Waals surface area contributed by atoms with Crippen LogP contribution < -0.4 is 5.32 Å². The van der Waals surface area contributed by atoms with Gasteiger partial charge in [-0.2, -0.15) is 0 Å². The molecule has 0 unspecified atom stereocenters. The SMILES string of the molecule is CC(=O)Nc1ccc(C(=O)COC(=O)C2(c3ccccc3)CCN(C(C)=O)CC2)cc1. The third-order valence-electron chi connectivity index (χ3n) is 5.64. The molecule has 31 heavy (non-hydrogen) atoms. The van der Waals surface area contributed by atoms with Crippen LogP contribution in [0, 0.1) is 0 Å². The molecule has 1 saturated heterocycles. The number of anilines is 1. The predicted octanol–water partition coefficient (Wildman–Crippen LogP) is 2.95. The minimum atomic E-state index is -0.886. The fourth-order valence-electron chi connectivity index (χ4n) is 3.87. The maximum absolute atomic E-state index is 13.2. The molecule has 0 radical (unpaired) electrons. The van der Waals surface area contributed by atoms with E-state index in [0.29, 0.717) is 37.2 Å². The summed E-state index contributed by atoms with van der Waals surface area (Å²) in [5.74, 6) is -1.000. The van der Waals surface area contributed by atoms with Gasteiger partial charge in [-0.25, -0.2) is 0 Å². The van der Waals surface area contributed by atoms with Crippen LogP contribution in [-0.4, -0.2) is 48.2 Å². The van der Waals surface area contributed by atoms with Gasteiger partial charge in [-0.1, -0.05) is 30.3 Å². The first-order chi connectivity index (χ1) is 14.8. The van der Waals surface area contributed by atoms with Crippen molar-refractivity contribution in [3.05, 3.63) is 65.7 Å². The van der Waals surface area contributed by atoms with Crippen molar-refractivity contribution in [3.8, 4) is 0 Å². The fraction of sp³-hybridized carbons (Fsp3) is 0.333. The minimum absolute atomic E-state index is 0.0204. The number of amides is 2. The van der Waals surface area contributed by atoms with E-state index in [-0.39, 0.29) is 24.2 Å². The van der Waals surface area contributed by atoms with Gasteiger partial charge >= 0.3 is 5.97 Å². The van der Waals surface area contributed by atoms with E-state index in [4.69, 9.17) is 4.74 Å². The van der Waals surface area contributed by atoms with Gasteiger partial charge in [-0.3, -0.25) is 19.2 Å². The van der Waals surface area contributed by atoms with Gasteiger partial charge in [0.1, 0.15) is 0 Å². The van der Waals surface area contributed by atoms with Crippen LogP contribution in [-0.2, 0) is 24.5 Å². The van der Waals surface area contributed by atoms with Crippen LogP contribution in [0.1, 0.15) is 42.6 Å². The molecule has 2 aromatic rings. The third-order valence-corrected chi connectivity index (χ3v) is 5.64. The number of esters is 1. The summed E-state index contributed by atoms with van der Waals surface area (Å²) in [5.41, 5.74) is 0.918. The molecule has 7 nitrogen and oxygen atoms in total. The Kier molecular flexibility index (Phi) is 6.84. The Morgan fingerprint density at radius 1 is 0.935 bits per heavy atom. The highest BCUT2D eigenvalue weighted by Crippen LogP contribution is 2.37. The molecule has 2 aromatic carbocycles. The molecule has 1 aliphatic heterocycles. The monoisotopic (exact) mass is 422 g/mol. The topological polar surface area (TPSA) is 92.8 Å². The zero-order valence-corrected chi connectivity index (χ0v) is 17.7. The number of nitrogens with one attached hydrogen (secondary N) is 1. The largest absolute Gasteiger partial charge is 0.457 e. The molecule has 1 aliphatic rings. The summed E-state index contributed by atoms with van der Waals surface area (Å²) in [6, 6.07) is 15.8. The number of piperidine rings is 1. The molecule has 2 amide bonds. The average Bonchev–Trinajstić information content (AvgIpc) is 2.78. The van der Waals surface area contributed by atoms with Crippen molar-refractivity contribution in [2.45, 2.75) is 32.1 Å². The molecule has 1 heterocycles. The second-order valence-corrected chi connectivity index (χ2v) is 7.71. The third kappa shape index (κ3) is 5.17. The van der Waals surface area contributed by atoms with Crippen LogP contribution >= 0.6 is 0 Å². The van der Waals surface area contributed by atoms with E-state index in [1.807, 2.05) is 30.3 Å². The predicted molar refractivity (Wildman–Crippen MR) is 116 cm³/mol. The maximum Gasteiger partial charge on any atom is 0.317 e.